The number of halogens is 2. The van der Waals surface area contributed by atoms with Gasteiger partial charge in [0, 0.05) is 11.4 Å². The number of rotatable bonds is 4. The summed E-state index contributed by atoms with van der Waals surface area (Å²) < 4.78 is 13.6. The molecule has 0 saturated heterocycles. The lowest BCUT2D eigenvalue weighted by Crippen LogP contribution is -2.20. The van der Waals surface area contributed by atoms with Gasteiger partial charge in [-0.05, 0) is 35.6 Å². The summed E-state index contributed by atoms with van der Waals surface area (Å²) in [4.78, 5) is 10.5. The van der Waals surface area contributed by atoms with Crippen LogP contribution in [0.4, 0.5) is 4.39 Å². The number of hydrogen-bond donors (Lipinski definition) is 1. The summed E-state index contributed by atoms with van der Waals surface area (Å²) >= 11 is 5.80. The van der Waals surface area contributed by atoms with Gasteiger partial charge in [0.2, 0.25) is 0 Å². The highest BCUT2D eigenvalue weighted by Gasteiger charge is 2.25. The molecule has 16 heavy (non-hydrogen) atoms. The molecule has 0 aromatic heterocycles. The molecule has 0 radical (unpaired) electrons. The van der Waals surface area contributed by atoms with Crippen LogP contribution in [0.5, 0.6) is 0 Å². The first kappa shape index (κ1) is 13.0. The molecule has 88 valence electrons. The topological polar surface area (TPSA) is 37.3 Å². The molecular formula is C12H14ClFO2. The molecule has 0 fully saturated rings. The van der Waals surface area contributed by atoms with Gasteiger partial charge in [0.1, 0.15) is 5.82 Å². The van der Waals surface area contributed by atoms with Crippen molar-refractivity contribution in [3.05, 3.63) is 34.6 Å². The third kappa shape index (κ3) is 3.20. The third-order valence-electron chi connectivity index (χ3n) is 2.62. The second-order valence-corrected chi connectivity index (χ2v) is 4.84. The standard InChI is InChI=1S/C12H14ClFO2/c1-12(2,6-5-11(15)16)9-7-8(13)3-4-10(9)14/h3-4,7H,5-6H2,1-2H3,(H,15,16). The van der Waals surface area contributed by atoms with E-state index in [0.29, 0.717) is 17.0 Å². The fraction of sp³-hybridized carbons (Fsp3) is 0.417. The number of hydrogen-bond acceptors (Lipinski definition) is 1. The SMILES string of the molecule is CC(C)(CCC(=O)O)c1cc(Cl)ccc1F. The van der Waals surface area contributed by atoms with E-state index in [-0.39, 0.29) is 12.2 Å². The molecule has 0 aliphatic carbocycles. The number of benzene rings is 1. The predicted octanol–water partition coefficient (Wildman–Crippen LogP) is 3.62. The van der Waals surface area contributed by atoms with E-state index in [1.54, 1.807) is 6.07 Å². The minimum atomic E-state index is -0.879. The van der Waals surface area contributed by atoms with Gasteiger partial charge in [-0.3, -0.25) is 4.79 Å². The van der Waals surface area contributed by atoms with E-state index >= 15 is 0 Å². The van der Waals surface area contributed by atoms with Gasteiger partial charge in [-0.15, -0.1) is 0 Å². The van der Waals surface area contributed by atoms with Crippen molar-refractivity contribution in [2.75, 3.05) is 0 Å². The summed E-state index contributed by atoms with van der Waals surface area (Å²) in [6, 6.07) is 4.34. The summed E-state index contributed by atoms with van der Waals surface area (Å²) in [5, 5.41) is 9.09. The molecule has 0 atom stereocenters. The van der Waals surface area contributed by atoms with Gasteiger partial charge < -0.3 is 5.11 Å². The van der Waals surface area contributed by atoms with E-state index in [9.17, 15) is 9.18 Å². The maximum atomic E-state index is 13.6. The van der Waals surface area contributed by atoms with Crippen LogP contribution in [0, 0.1) is 5.82 Å². The van der Waals surface area contributed by atoms with Crippen molar-refractivity contribution in [3.63, 3.8) is 0 Å². The second kappa shape index (κ2) is 4.83. The fourth-order valence-electron chi connectivity index (χ4n) is 1.57. The summed E-state index contributed by atoms with van der Waals surface area (Å²) in [6.45, 7) is 3.62. The van der Waals surface area contributed by atoms with Gasteiger partial charge in [0.15, 0.2) is 0 Å². The first-order chi connectivity index (χ1) is 7.33. The Morgan fingerprint density at radius 1 is 1.50 bits per heavy atom. The van der Waals surface area contributed by atoms with Crippen LogP contribution in [-0.4, -0.2) is 11.1 Å². The van der Waals surface area contributed by atoms with E-state index in [1.165, 1.54) is 12.1 Å². The Kier molecular flexibility index (Phi) is 3.92. The van der Waals surface area contributed by atoms with Crippen molar-refractivity contribution < 1.29 is 14.3 Å². The molecule has 0 heterocycles. The van der Waals surface area contributed by atoms with Crippen LogP contribution in [0.25, 0.3) is 0 Å². The molecule has 0 aliphatic rings. The number of carboxylic acids is 1. The highest BCUT2D eigenvalue weighted by Crippen LogP contribution is 2.32. The van der Waals surface area contributed by atoms with E-state index in [0.717, 1.165) is 0 Å². The Labute approximate surface area is 99.0 Å². The van der Waals surface area contributed by atoms with Crippen LogP contribution in [-0.2, 0) is 10.2 Å². The smallest absolute Gasteiger partial charge is 0.303 e. The van der Waals surface area contributed by atoms with Crippen LogP contribution in [0.1, 0.15) is 32.3 Å². The van der Waals surface area contributed by atoms with E-state index in [1.807, 2.05) is 13.8 Å². The zero-order chi connectivity index (χ0) is 12.3. The van der Waals surface area contributed by atoms with Crippen LogP contribution >= 0.6 is 11.6 Å². The largest absolute Gasteiger partial charge is 0.481 e. The quantitative estimate of drug-likeness (QED) is 0.878. The molecule has 4 heteroatoms. The molecule has 0 aliphatic heterocycles. The summed E-state index contributed by atoms with van der Waals surface area (Å²) in [5.74, 6) is -1.23. The Balaban J connectivity index is 2.96. The van der Waals surface area contributed by atoms with Gasteiger partial charge in [-0.2, -0.15) is 0 Å². The molecule has 1 aromatic rings. The minimum absolute atomic E-state index is 0.0129. The minimum Gasteiger partial charge on any atom is -0.481 e. The highest BCUT2D eigenvalue weighted by molar-refractivity contribution is 6.30. The Morgan fingerprint density at radius 2 is 2.12 bits per heavy atom. The van der Waals surface area contributed by atoms with E-state index < -0.39 is 11.4 Å². The Hall–Kier alpha value is -1.09. The van der Waals surface area contributed by atoms with Crippen molar-refractivity contribution in [1.29, 1.82) is 0 Å². The zero-order valence-electron chi connectivity index (χ0n) is 9.26. The molecule has 0 bridgehead atoms. The number of aliphatic carboxylic acids is 1. The van der Waals surface area contributed by atoms with Crippen molar-refractivity contribution in [1.82, 2.24) is 0 Å². The molecule has 1 N–H and O–H groups in total. The zero-order valence-corrected chi connectivity index (χ0v) is 10.0. The van der Waals surface area contributed by atoms with Crippen LogP contribution in [0.2, 0.25) is 5.02 Å². The first-order valence-electron chi connectivity index (χ1n) is 5.00. The lowest BCUT2D eigenvalue weighted by molar-refractivity contribution is -0.137. The molecular weight excluding hydrogens is 231 g/mol. The summed E-state index contributed by atoms with van der Waals surface area (Å²) in [7, 11) is 0. The highest BCUT2D eigenvalue weighted by atomic mass is 35.5. The molecule has 0 saturated carbocycles. The molecule has 1 aromatic carbocycles. The van der Waals surface area contributed by atoms with Gasteiger partial charge in [-0.25, -0.2) is 4.39 Å². The molecule has 0 amide bonds. The van der Waals surface area contributed by atoms with Gasteiger partial charge in [0.25, 0.3) is 0 Å². The molecule has 0 spiro atoms. The lowest BCUT2D eigenvalue weighted by atomic mass is 9.80. The van der Waals surface area contributed by atoms with Crippen LogP contribution < -0.4 is 0 Å². The van der Waals surface area contributed by atoms with Crippen molar-refractivity contribution in [3.8, 4) is 0 Å². The summed E-state index contributed by atoms with van der Waals surface area (Å²) in [5.41, 5.74) is -0.0749. The maximum absolute atomic E-state index is 13.6. The average molecular weight is 245 g/mol. The van der Waals surface area contributed by atoms with E-state index in [2.05, 4.69) is 0 Å². The van der Waals surface area contributed by atoms with Gasteiger partial charge in [0.05, 0.1) is 0 Å². The molecule has 1 rings (SSSR count). The van der Waals surface area contributed by atoms with Crippen LogP contribution in [0.3, 0.4) is 0 Å². The molecule has 2 nitrogen and oxygen atoms in total. The maximum Gasteiger partial charge on any atom is 0.303 e. The van der Waals surface area contributed by atoms with Crippen molar-refractivity contribution >= 4 is 17.6 Å². The van der Waals surface area contributed by atoms with Gasteiger partial charge in [-0.1, -0.05) is 25.4 Å². The normalized spacial score (nSPS) is 11.5. The van der Waals surface area contributed by atoms with Gasteiger partial charge >= 0.3 is 5.97 Å². The fourth-order valence-corrected chi connectivity index (χ4v) is 1.74. The third-order valence-corrected chi connectivity index (χ3v) is 2.86. The first-order valence-corrected chi connectivity index (χ1v) is 5.38. The monoisotopic (exact) mass is 244 g/mol. The van der Waals surface area contributed by atoms with Crippen molar-refractivity contribution in [2.24, 2.45) is 0 Å². The molecule has 0 unspecified atom stereocenters. The van der Waals surface area contributed by atoms with Crippen molar-refractivity contribution in [2.45, 2.75) is 32.1 Å². The van der Waals surface area contributed by atoms with E-state index in [4.69, 9.17) is 16.7 Å². The average Bonchev–Trinajstić information content (AvgIpc) is 2.19. The lowest BCUT2D eigenvalue weighted by Gasteiger charge is -2.25. The Morgan fingerprint density at radius 3 is 2.69 bits per heavy atom. The predicted molar refractivity (Wildman–Crippen MR) is 61.3 cm³/mol. The summed E-state index contributed by atoms with van der Waals surface area (Å²) in [6.07, 6.45) is 0.387. The number of carboxylic acid groups (broad SMARTS) is 1. The second-order valence-electron chi connectivity index (χ2n) is 4.40. The number of carbonyl (C=O) groups is 1. The Bertz CT molecular complexity index is 402. The van der Waals surface area contributed by atoms with Crippen LogP contribution in [0.15, 0.2) is 18.2 Å².